The minimum atomic E-state index is -0.0523. The first-order valence-electron chi connectivity index (χ1n) is 9.91. The van der Waals surface area contributed by atoms with E-state index in [1.165, 1.54) is 12.0 Å². The molecular formula is C21H31NO2. The first-order chi connectivity index (χ1) is 11.4. The fraction of sp³-hybridized carbons (Fsp3) is 0.810. The van der Waals surface area contributed by atoms with Crippen molar-refractivity contribution in [2.75, 3.05) is 6.54 Å². The van der Waals surface area contributed by atoms with E-state index in [0.29, 0.717) is 42.3 Å². The van der Waals surface area contributed by atoms with E-state index in [4.69, 9.17) is 5.73 Å². The van der Waals surface area contributed by atoms with E-state index >= 15 is 0 Å². The lowest BCUT2D eigenvalue weighted by atomic mass is 9.47. The van der Waals surface area contributed by atoms with E-state index in [-0.39, 0.29) is 10.8 Å². The van der Waals surface area contributed by atoms with Crippen LogP contribution >= 0.6 is 0 Å². The minimum Gasteiger partial charge on any atom is -0.330 e. The van der Waals surface area contributed by atoms with Gasteiger partial charge in [0.2, 0.25) is 0 Å². The van der Waals surface area contributed by atoms with Crippen LogP contribution in [0.1, 0.15) is 71.6 Å². The van der Waals surface area contributed by atoms with Crippen LogP contribution in [0.25, 0.3) is 0 Å². The average Bonchev–Trinajstić information content (AvgIpc) is 2.86. The second-order valence-corrected chi connectivity index (χ2v) is 9.17. The summed E-state index contributed by atoms with van der Waals surface area (Å²) in [5.41, 5.74) is 8.43. The largest absolute Gasteiger partial charge is 0.330 e. The molecule has 0 radical (unpaired) electrons. The molecule has 3 nitrogen and oxygen atoms in total. The van der Waals surface area contributed by atoms with Crippen LogP contribution in [-0.4, -0.2) is 18.1 Å². The summed E-state index contributed by atoms with van der Waals surface area (Å²) in [6.07, 6.45) is 8.78. The Morgan fingerprint density at radius 1 is 0.958 bits per heavy atom. The van der Waals surface area contributed by atoms with Gasteiger partial charge in [-0.2, -0.15) is 0 Å². The molecule has 0 aromatic carbocycles. The number of carbonyl (C=O) groups excluding carboxylic acids is 2. The highest BCUT2D eigenvalue weighted by molar-refractivity contribution is 5.97. The monoisotopic (exact) mass is 329 g/mol. The number of carbonyl (C=O) groups is 2. The second kappa shape index (κ2) is 5.52. The van der Waals surface area contributed by atoms with E-state index in [2.05, 4.69) is 13.8 Å². The van der Waals surface area contributed by atoms with E-state index in [1.54, 1.807) is 0 Å². The van der Waals surface area contributed by atoms with Crippen LogP contribution in [0.15, 0.2) is 11.1 Å². The number of hydrogen-bond donors (Lipinski definition) is 1. The normalized spacial score (nSPS) is 45.0. The zero-order valence-corrected chi connectivity index (χ0v) is 15.2. The Kier molecular flexibility index (Phi) is 3.80. The van der Waals surface area contributed by atoms with Crippen LogP contribution in [0, 0.1) is 28.6 Å². The van der Waals surface area contributed by atoms with Gasteiger partial charge in [-0.3, -0.25) is 9.59 Å². The van der Waals surface area contributed by atoms with Gasteiger partial charge in [0.25, 0.3) is 0 Å². The van der Waals surface area contributed by atoms with Crippen molar-refractivity contribution in [3.8, 4) is 0 Å². The molecular weight excluding hydrogens is 298 g/mol. The van der Waals surface area contributed by atoms with Crippen molar-refractivity contribution < 1.29 is 9.59 Å². The summed E-state index contributed by atoms with van der Waals surface area (Å²) in [6.45, 7) is 5.23. The molecule has 4 rings (SSSR count). The SMILES string of the molecule is C[C@]12CCC(=O)C(CCN)=C1CC[C@@H]1[C@H]2CC[C@]2(C)C(=O)CC[C@@H]12. The van der Waals surface area contributed by atoms with Gasteiger partial charge in [-0.05, 0) is 80.2 Å². The molecule has 0 aromatic heterocycles. The Bertz CT molecular complexity index is 621. The van der Waals surface area contributed by atoms with Crippen molar-refractivity contribution >= 4 is 11.6 Å². The van der Waals surface area contributed by atoms with Gasteiger partial charge in [-0.25, -0.2) is 0 Å². The summed E-state index contributed by atoms with van der Waals surface area (Å²) in [4.78, 5) is 24.9. The lowest BCUT2D eigenvalue weighted by molar-refractivity contribution is -0.132. The number of ketones is 2. The highest BCUT2D eigenvalue weighted by atomic mass is 16.1. The van der Waals surface area contributed by atoms with Crippen LogP contribution in [0.4, 0.5) is 0 Å². The molecule has 5 atom stereocenters. The third kappa shape index (κ3) is 2.06. The van der Waals surface area contributed by atoms with Crippen molar-refractivity contribution in [1.82, 2.24) is 0 Å². The topological polar surface area (TPSA) is 60.2 Å². The Morgan fingerprint density at radius 2 is 1.71 bits per heavy atom. The standard InChI is InChI=1S/C21H31NO2/c1-20-11-8-18(23)14(9-12-22)16(20)4-3-13-15-5-6-19(24)21(15,2)10-7-17(13)20/h13,15,17H,3-12,22H2,1-2H3/t13-,15-,17+,20-,21-/m0/s1. The molecule has 2 N–H and O–H groups in total. The molecule has 0 aliphatic heterocycles. The van der Waals surface area contributed by atoms with Crippen LogP contribution in [0.5, 0.6) is 0 Å². The molecule has 3 fully saturated rings. The molecule has 0 aromatic rings. The summed E-state index contributed by atoms with van der Waals surface area (Å²) in [7, 11) is 0. The molecule has 132 valence electrons. The summed E-state index contributed by atoms with van der Waals surface area (Å²) in [6, 6.07) is 0. The third-order valence-corrected chi connectivity index (χ3v) is 8.35. The van der Waals surface area contributed by atoms with Crippen molar-refractivity contribution in [1.29, 1.82) is 0 Å². The highest BCUT2D eigenvalue weighted by Gasteiger charge is 2.59. The molecule has 0 unspecified atom stereocenters. The molecule has 0 bridgehead atoms. The maximum Gasteiger partial charge on any atom is 0.158 e. The van der Waals surface area contributed by atoms with Gasteiger partial charge in [-0.15, -0.1) is 0 Å². The molecule has 24 heavy (non-hydrogen) atoms. The Hall–Kier alpha value is -0.960. The fourth-order valence-electron chi connectivity index (χ4n) is 7.03. The first-order valence-corrected chi connectivity index (χ1v) is 9.91. The van der Waals surface area contributed by atoms with Crippen LogP contribution in [0.2, 0.25) is 0 Å². The quantitative estimate of drug-likeness (QED) is 0.838. The summed E-state index contributed by atoms with van der Waals surface area (Å²) in [5.74, 6) is 2.78. The van der Waals surface area contributed by atoms with Gasteiger partial charge < -0.3 is 5.73 Å². The van der Waals surface area contributed by atoms with Gasteiger partial charge in [0, 0.05) is 18.3 Å². The van der Waals surface area contributed by atoms with Gasteiger partial charge >= 0.3 is 0 Å². The van der Waals surface area contributed by atoms with Gasteiger partial charge in [0.05, 0.1) is 0 Å². The van der Waals surface area contributed by atoms with E-state index in [0.717, 1.165) is 50.5 Å². The molecule has 3 saturated carbocycles. The second-order valence-electron chi connectivity index (χ2n) is 9.17. The predicted octanol–water partition coefficient (Wildman–Crippen LogP) is 3.81. The van der Waals surface area contributed by atoms with Crippen molar-refractivity contribution in [2.24, 2.45) is 34.3 Å². The number of rotatable bonds is 2. The van der Waals surface area contributed by atoms with Gasteiger partial charge in [0.15, 0.2) is 5.78 Å². The first kappa shape index (κ1) is 16.5. The molecule has 3 heteroatoms. The molecule has 0 saturated heterocycles. The minimum absolute atomic E-state index is 0.0523. The summed E-state index contributed by atoms with van der Waals surface area (Å²) < 4.78 is 0. The summed E-state index contributed by atoms with van der Waals surface area (Å²) >= 11 is 0. The van der Waals surface area contributed by atoms with Gasteiger partial charge in [-0.1, -0.05) is 19.4 Å². The van der Waals surface area contributed by atoms with Crippen molar-refractivity contribution in [3.63, 3.8) is 0 Å². The van der Waals surface area contributed by atoms with E-state index < -0.39 is 0 Å². The maximum absolute atomic E-state index is 12.5. The molecule has 0 spiro atoms. The number of nitrogens with two attached hydrogens (primary N) is 1. The van der Waals surface area contributed by atoms with Crippen molar-refractivity contribution in [2.45, 2.75) is 71.6 Å². The lowest BCUT2D eigenvalue weighted by Crippen LogP contribution is -2.51. The lowest BCUT2D eigenvalue weighted by Gasteiger charge is -2.57. The molecule has 0 heterocycles. The maximum atomic E-state index is 12.5. The number of hydrogen-bond acceptors (Lipinski definition) is 3. The molecule has 4 aliphatic rings. The Balaban J connectivity index is 1.72. The van der Waals surface area contributed by atoms with Crippen molar-refractivity contribution in [3.05, 3.63) is 11.1 Å². The Morgan fingerprint density at radius 3 is 2.46 bits per heavy atom. The van der Waals surface area contributed by atoms with Gasteiger partial charge in [0.1, 0.15) is 5.78 Å². The zero-order chi connectivity index (χ0) is 17.1. The number of allylic oxidation sites excluding steroid dienone is 1. The summed E-state index contributed by atoms with van der Waals surface area (Å²) in [5, 5.41) is 0. The molecule has 0 amide bonds. The van der Waals surface area contributed by atoms with Crippen LogP contribution < -0.4 is 5.73 Å². The van der Waals surface area contributed by atoms with Crippen LogP contribution in [0.3, 0.4) is 0 Å². The average molecular weight is 329 g/mol. The fourth-order valence-corrected chi connectivity index (χ4v) is 7.03. The van der Waals surface area contributed by atoms with Crippen LogP contribution in [-0.2, 0) is 9.59 Å². The Labute approximate surface area is 145 Å². The zero-order valence-electron chi connectivity index (χ0n) is 15.2. The smallest absolute Gasteiger partial charge is 0.158 e. The third-order valence-electron chi connectivity index (χ3n) is 8.35. The van der Waals surface area contributed by atoms with E-state index in [1.807, 2.05) is 0 Å². The predicted molar refractivity (Wildman–Crippen MR) is 94.3 cm³/mol. The molecule has 4 aliphatic carbocycles. The number of fused-ring (bicyclic) bond motifs is 5. The number of Topliss-reactive ketones (excluding diaryl/α,β-unsaturated/α-hetero) is 2. The van der Waals surface area contributed by atoms with E-state index in [9.17, 15) is 9.59 Å². The highest BCUT2D eigenvalue weighted by Crippen LogP contribution is 2.65.